The van der Waals surface area contributed by atoms with E-state index in [0.29, 0.717) is 18.5 Å². The number of piperidine rings is 1. The molecule has 6 heteroatoms. The molecule has 4 aromatic rings. The Kier molecular flexibility index (Phi) is 6.41. The van der Waals surface area contributed by atoms with E-state index in [2.05, 4.69) is 55.1 Å². The Labute approximate surface area is 196 Å². The SMILES string of the molecule is Brc1ccc(C2CCN(CCOc3ccc(Oc4nc5ccccc5[nH]4)cc3)CC2)cc1. The van der Waals surface area contributed by atoms with Gasteiger partial charge in [-0.2, -0.15) is 4.98 Å². The number of ether oxygens (including phenoxy) is 2. The van der Waals surface area contributed by atoms with Gasteiger partial charge >= 0.3 is 0 Å². The first-order valence-corrected chi connectivity index (χ1v) is 11.9. The summed E-state index contributed by atoms with van der Waals surface area (Å²) in [4.78, 5) is 10.1. The van der Waals surface area contributed by atoms with E-state index >= 15 is 0 Å². The molecule has 1 aliphatic heterocycles. The van der Waals surface area contributed by atoms with Crippen LogP contribution in [0.25, 0.3) is 11.0 Å². The van der Waals surface area contributed by atoms with Crippen molar-refractivity contribution in [2.75, 3.05) is 26.2 Å². The summed E-state index contributed by atoms with van der Waals surface area (Å²) < 4.78 is 12.9. The third-order valence-electron chi connectivity index (χ3n) is 6.01. The number of hydrogen-bond donors (Lipinski definition) is 1. The standard InChI is InChI=1S/C26H26BrN3O2/c27-21-7-5-19(6-8-21)20-13-15-30(16-14-20)17-18-31-22-9-11-23(12-10-22)32-26-28-24-3-1-2-4-25(24)29-26/h1-12,20H,13-18H2,(H,28,29). The van der Waals surface area contributed by atoms with Gasteiger partial charge in [-0.15, -0.1) is 0 Å². The van der Waals surface area contributed by atoms with Gasteiger partial charge in [-0.25, -0.2) is 0 Å². The van der Waals surface area contributed by atoms with Crippen LogP contribution in [0.5, 0.6) is 17.5 Å². The molecular formula is C26H26BrN3O2. The lowest BCUT2D eigenvalue weighted by Gasteiger charge is -2.32. The van der Waals surface area contributed by atoms with Crippen molar-refractivity contribution in [1.29, 1.82) is 0 Å². The van der Waals surface area contributed by atoms with Crippen LogP contribution in [0, 0.1) is 0 Å². The Bertz CT molecular complexity index is 1120. The summed E-state index contributed by atoms with van der Waals surface area (Å²) >= 11 is 3.52. The van der Waals surface area contributed by atoms with Gasteiger partial charge in [0.1, 0.15) is 18.1 Å². The number of para-hydroxylation sites is 2. The van der Waals surface area contributed by atoms with Gasteiger partial charge in [0.2, 0.25) is 0 Å². The molecule has 0 aliphatic carbocycles. The van der Waals surface area contributed by atoms with E-state index in [0.717, 1.165) is 46.6 Å². The highest BCUT2D eigenvalue weighted by Gasteiger charge is 2.20. The lowest BCUT2D eigenvalue weighted by Crippen LogP contribution is -2.35. The van der Waals surface area contributed by atoms with Crippen molar-refractivity contribution < 1.29 is 9.47 Å². The van der Waals surface area contributed by atoms with Crippen molar-refractivity contribution in [3.05, 3.63) is 82.8 Å². The van der Waals surface area contributed by atoms with Crippen molar-refractivity contribution >= 4 is 27.0 Å². The van der Waals surface area contributed by atoms with Crippen LogP contribution in [0.4, 0.5) is 0 Å². The maximum Gasteiger partial charge on any atom is 0.300 e. The van der Waals surface area contributed by atoms with E-state index in [1.54, 1.807) is 0 Å². The molecule has 2 heterocycles. The third kappa shape index (κ3) is 5.14. The fourth-order valence-corrected chi connectivity index (χ4v) is 4.48. The van der Waals surface area contributed by atoms with E-state index in [1.807, 2.05) is 48.5 Å². The molecule has 1 saturated heterocycles. The lowest BCUT2D eigenvalue weighted by atomic mass is 9.89. The van der Waals surface area contributed by atoms with E-state index in [9.17, 15) is 0 Å². The molecule has 164 valence electrons. The van der Waals surface area contributed by atoms with Gasteiger partial charge in [0, 0.05) is 11.0 Å². The Morgan fingerprint density at radius 2 is 1.62 bits per heavy atom. The first-order chi connectivity index (χ1) is 15.7. The summed E-state index contributed by atoms with van der Waals surface area (Å²) in [6.07, 6.45) is 2.41. The number of rotatable bonds is 7. The highest BCUT2D eigenvalue weighted by Crippen LogP contribution is 2.29. The largest absolute Gasteiger partial charge is 0.492 e. The van der Waals surface area contributed by atoms with Gasteiger partial charge in [0.05, 0.1) is 11.0 Å². The van der Waals surface area contributed by atoms with Crippen molar-refractivity contribution in [3.8, 4) is 17.5 Å². The number of hydrogen-bond acceptors (Lipinski definition) is 4. The molecule has 1 aromatic heterocycles. The van der Waals surface area contributed by atoms with Gasteiger partial charge in [-0.05, 0) is 85.9 Å². The maximum absolute atomic E-state index is 5.96. The second-order valence-electron chi connectivity index (χ2n) is 8.15. The van der Waals surface area contributed by atoms with Crippen LogP contribution in [0.2, 0.25) is 0 Å². The van der Waals surface area contributed by atoms with Crippen molar-refractivity contribution in [2.45, 2.75) is 18.8 Å². The highest BCUT2D eigenvalue weighted by molar-refractivity contribution is 9.10. The van der Waals surface area contributed by atoms with E-state index in [1.165, 1.54) is 18.4 Å². The highest BCUT2D eigenvalue weighted by atomic mass is 79.9. The number of benzene rings is 3. The van der Waals surface area contributed by atoms with E-state index in [-0.39, 0.29) is 0 Å². The number of fused-ring (bicyclic) bond motifs is 1. The molecule has 0 saturated carbocycles. The van der Waals surface area contributed by atoms with Crippen LogP contribution in [0.3, 0.4) is 0 Å². The fourth-order valence-electron chi connectivity index (χ4n) is 4.21. The number of halogens is 1. The lowest BCUT2D eigenvalue weighted by molar-refractivity contribution is 0.173. The second kappa shape index (κ2) is 9.76. The van der Waals surface area contributed by atoms with Crippen LogP contribution < -0.4 is 9.47 Å². The zero-order valence-corrected chi connectivity index (χ0v) is 19.4. The minimum absolute atomic E-state index is 0.492. The topological polar surface area (TPSA) is 50.4 Å². The number of likely N-dealkylation sites (tertiary alicyclic amines) is 1. The van der Waals surface area contributed by atoms with Crippen LogP contribution in [0.15, 0.2) is 77.3 Å². The third-order valence-corrected chi connectivity index (χ3v) is 6.54. The number of nitrogens with zero attached hydrogens (tertiary/aromatic N) is 2. The predicted octanol–water partition coefficient (Wildman–Crippen LogP) is 6.38. The quantitative estimate of drug-likeness (QED) is 0.326. The zero-order chi connectivity index (χ0) is 21.8. The van der Waals surface area contributed by atoms with Crippen LogP contribution in [-0.4, -0.2) is 41.1 Å². The van der Waals surface area contributed by atoms with Gasteiger partial charge in [-0.3, -0.25) is 4.90 Å². The summed E-state index contributed by atoms with van der Waals surface area (Å²) in [7, 11) is 0. The Morgan fingerprint density at radius 1 is 0.906 bits per heavy atom. The minimum atomic E-state index is 0.492. The molecule has 0 unspecified atom stereocenters. The zero-order valence-electron chi connectivity index (χ0n) is 17.8. The number of aromatic amines is 1. The molecule has 1 fully saturated rings. The summed E-state index contributed by atoms with van der Waals surface area (Å²) in [6, 6.07) is 24.8. The molecular weight excluding hydrogens is 466 g/mol. The molecule has 5 rings (SSSR count). The van der Waals surface area contributed by atoms with Crippen molar-refractivity contribution in [1.82, 2.24) is 14.9 Å². The molecule has 1 aliphatic rings. The van der Waals surface area contributed by atoms with Crippen molar-refractivity contribution in [2.24, 2.45) is 0 Å². The molecule has 0 spiro atoms. The minimum Gasteiger partial charge on any atom is -0.492 e. The molecule has 0 bridgehead atoms. The molecule has 0 amide bonds. The smallest absolute Gasteiger partial charge is 0.300 e. The number of aromatic nitrogens is 2. The first-order valence-electron chi connectivity index (χ1n) is 11.1. The normalized spacial score (nSPS) is 15.2. The average molecular weight is 492 g/mol. The number of nitrogens with one attached hydrogen (secondary N) is 1. The molecule has 32 heavy (non-hydrogen) atoms. The van der Waals surface area contributed by atoms with E-state index < -0.39 is 0 Å². The van der Waals surface area contributed by atoms with Gasteiger partial charge < -0.3 is 14.5 Å². The molecule has 1 N–H and O–H groups in total. The maximum atomic E-state index is 5.96. The summed E-state index contributed by atoms with van der Waals surface area (Å²) in [5.41, 5.74) is 3.31. The molecule has 5 nitrogen and oxygen atoms in total. The number of imidazole rings is 1. The fraction of sp³-hybridized carbons (Fsp3) is 0.269. The Balaban J connectivity index is 1.06. The Hall–Kier alpha value is -2.83. The van der Waals surface area contributed by atoms with Gasteiger partial charge in [0.25, 0.3) is 6.01 Å². The van der Waals surface area contributed by atoms with Crippen LogP contribution in [-0.2, 0) is 0 Å². The molecule has 0 atom stereocenters. The second-order valence-corrected chi connectivity index (χ2v) is 9.06. The van der Waals surface area contributed by atoms with Gasteiger partial charge in [0.15, 0.2) is 0 Å². The molecule has 3 aromatic carbocycles. The van der Waals surface area contributed by atoms with Crippen molar-refractivity contribution in [3.63, 3.8) is 0 Å². The van der Waals surface area contributed by atoms with Crippen LogP contribution >= 0.6 is 15.9 Å². The predicted molar refractivity (Wildman–Crippen MR) is 131 cm³/mol. The monoisotopic (exact) mass is 491 g/mol. The number of H-pyrrole nitrogens is 1. The summed E-state index contributed by atoms with van der Waals surface area (Å²) in [5.74, 6) is 2.25. The van der Waals surface area contributed by atoms with Gasteiger partial charge in [-0.1, -0.05) is 40.2 Å². The average Bonchev–Trinajstić information content (AvgIpc) is 3.24. The first kappa shape index (κ1) is 21.0. The molecule has 0 radical (unpaired) electrons. The van der Waals surface area contributed by atoms with E-state index in [4.69, 9.17) is 9.47 Å². The summed E-state index contributed by atoms with van der Waals surface area (Å²) in [5, 5.41) is 0. The Morgan fingerprint density at radius 3 is 2.38 bits per heavy atom. The summed E-state index contributed by atoms with van der Waals surface area (Å²) in [6.45, 7) is 3.87. The van der Waals surface area contributed by atoms with Crippen LogP contribution in [0.1, 0.15) is 24.3 Å².